The Labute approximate surface area is 207 Å². The lowest BCUT2D eigenvalue weighted by Gasteiger charge is -2.19. The molecule has 0 saturated carbocycles. The summed E-state index contributed by atoms with van der Waals surface area (Å²) in [5.41, 5.74) is 7.73. The average Bonchev–Trinajstić information content (AvgIpc) is 3.24. The number of anilines is 1. The molecule has 0 radical (unpaired) electrons. The second kappa shape index (κ2) is 11.5. The van der Waals surface area contributed by atoms with E-state index in [4.69, 9.17) is 33.7 Å². The van der Waals surface area contributed by atoms with Crippen LogP contribution in [0.3, 0.4) is 0 Å². The molecule has 1 unspecified atom stereocenters. The summed E-state index contributed by atoms with van der Waals surface area (Å²) >= 11 is 12.3. The highest BCUT2D eigenvalue weighted by Crippen LogP contribution is 2.36. The highest BCUT2D eigenvalue weighted by molar-refractivity contribution is 6.36. The van der Waals surface area contributed by atoms with Crippen LogP contribution in [0.2, 0.25) is 10.0 Å². The fraction of sp³-hybridized carbons (Fsp3) is 0.348. The quantitative estimate of drug-likeness (QED) is 0.314. The third-order valence-corrected chi connectivity index (χ3v) is 5.76. The molecule has 0 aliphatic heterocycles. The largest absolute Gasteiger partial charge is 0.482 e. The van der Waals surface area contributed by atoms with Crippen LogP contribution in [0.15, 0.2) is 36.8 Å². The third kappa shape index (κ3) is 6.59. The number of hydrogen-bond acceptors (Lipinski definition) is 6. The van der Waals surface area contributed by atoms with Gasteiger partial charge < -0.3 is 20.7 Å². The van der Waals surface area contributed by atoms with Crippen molar-refractivity contribution >= 4 is 34.9 Å². The Kier molecular flexibility index (Phi) is 8.71. The van der Waals surface area contributed by atoms with Gasteiger partial charge in [-0.25, -0.2) is 9.37 Å². The van der Waals surface area contributed by atoms with Crippen molar-refractivity contribution in [3.63, 3.8) is 0 Å². The van der Waals surface area contributed by atoms with E-state index in [1.807, 2.05) is 14.1 Å². The van der Waals surface area contributed by atoms with Crippen molar-refractivity contribution in [3.8, 4) is 16.9 Å². The monoisotopic (exact) mass is 508 g/mol. The van der Waals surface area contributed by atoms with Crippen LogP contribution in [0.1, 0.15) is 25.0 Å². The number of rotatable bonds is 10. The van der Waals surface area contributed by atoms with Crippen LogP contribution in [0.5, 0.6) is 5.75 Å². The zero-order chi connectivity index (χ0) is 24.8. The van der Waals surface area contributed by atoms with Crippen LogP contribution >= 0.6 is 23.2 Å². The van der Waals surface area contributed by atoms with Crippen LogP contribution in [-0.4, -0.2) is 52.8 Å². The molecule has 1 amide bonds. The van der Waals surface area contributed by atoms with E-state index in [2.05, 4.69) is 20.3 Å². The van der Waals surface area contributed by atoms with Crippen molar-refractivity contribution in [2.75, 3.05) is 32.9 Å². The zero-order valence-corrected chi connectivity index (χ0v) is 20.7. The van der Waals surface area contributed by atoms with Crippen LogP contribution in [0, 0.1) is 5.82 Å². The van der Waals surface area contributed by atoms with E-state index in [1.165, 1.54) is 12.1 Å². The minimum absolute atomic E-state index is 0.0985. The summed E-state index contributed by atoms with van der Waals surface area (Å²) in [5.74, 6) is -0.271. The molecular weight excluding hydrogens is 482 g/mol. The van der Waals surface area contributed by atoms with Gasteiger partial charge in [0.05, 0.1) is 11.2 Å². The summed E-state index contributed by atoms with van der Waals surface area (Å²) in [7, 11) is 3.98. The lowest BCUT2D eigenvalue weighted by Crippen LogP contribution is -2.30. The predicted octanol–water partition coefficient (Wildman–Crippen LogP) is 4.18. The van der Waals surface area contributed by atoms with Gasteiger partial charge in [0.1, 0.15) is 18.5 Å². The van der Waals surface area contributed by atoms with E-state index >= 15 is 0 Å². The number of carbonyl (C=O) groups is 1. The molecule has 0 bridgehead atoms. The second-order valence-corrected chi connectivity index (χ2v) is 8.84. The Morgan fingerprint density at radius 1 is 1.29 bits per heavy atom. The predicted molar refractivity (Wildman–Crippen MR) is 132 cm³/mol. The molecule has 0 aliphatic rings. The molecule has 0 aliphatic carbocycles. The molecule has 3 rings (SSSR count). The standard InChI is InChI=1S/C23H27Cl2FN6O2/c1-14(21-17(24)5-6-18(26)22(21)25)34-19-9-15(10-29-23(19)27)16-11-30-32(12-16)13-20(33)28-7-4-8-31(2)3/h5-6,9-12,14H,4,7-8,13H2,1-3H3,(H2,27,29)(H,28,33). The molecule has 2 aromatic heterocycles. The fourth-order valence-corrected chi connectivity index (χ4v) is 3.98. The number of carbonyl (C=O) groups excluding carboxylic acids is 1. The van der Waals surface area contributed by atoms with E-state index in [0.717, 1.165) is 18.5 Å². The number of hydrogen-bond donors (Lipinski definition) is 2. The molecule has 2 heterocycles. The van der Waals surface area contributed by atoms with Crippen molar-refractivity contribution in [2.45, 2.75) is 26.0 Å². The van der Waals surface area contributed by atoms with Gasteiger partial charge in [-0.05, 0) is 52.2 Å². The average molecular weight is 509 g/mol. The van der Waals surface area contributed by atoms with Gasteiger partial charge in [0.15, 0.2) is 11.6 Å². The molecule has 0 fully saturated rings. The summed E-state index contributed by atoms with van der Waals surface area (Å²) < 4.78 is 21.4. The Bertz CT molecular complexity index is 1150. The van der Waals surface area contributed by atoms with E-state index in [0.29, 0.717) is 17.7 Å². The van der Waals surface area contributed by atoms with Gasteiger partial charge in [-0.2, -0.15) is 5.10 Å². The molecular formula is C23H27Cl2FN6O2. The van der Waals surface area contributed by atoms with E-state index in [9.17, 15) is 9.18 Å². The number of halogens is 3. The van der Waals surface area contributed by atoms with E-state index in [-0.39, 0.29) is 34.1 Å². The molecule has 0 saturated heterocycles. The maximum absolute atomic E-state index is 13.9. The number of nitrogens with two attached hydrogens (primary N) is 1. The molecule has 34 heavy (non-hydrogen) atoms. The minimum Gasteiger partial charge on any atom is -0.482 e. The van der Waals surface area contributed by atoms with Crippen molar-refractivity contribution in [1.82, 2.24) is 25.0 Å². The molecule has 182 valence electrons. The van der Waals surface area contributed by atoms with Crippen LogP contribution < -0.4 is 15.8 Å². The third-order valence-electron chi connectivity index (χ3n) is 5.05. The van der Waals surface area contributed by atoms with Gasteiger partial charge in [-0.1, -0.05) is 23.2 Å². The Morgan fingerprint density at radius 2 is 2.06 bits per heavy atom. The highest BCUT2D eigenvalue weighted by Gasteiger charge is 2.20. The topological polar surface area (TPSA) is 98.3 Å². The van der Waals surface area contributed by atoms with Crippen LogP contribution in [0.4, 0.5) is 10.2 Å². The second-order valence-electron chi connectivity index (χ2n) is 8.06. The molecule has 3 N–H and O–H groups in total. The number of nitrogens with zero attached hydrogens (tertiary/aromatic N) is 4. The number of aromatic nitrogens is 3. The van der Waals surface area contributed by atoms with Gasteiger partial charge >= 0.3 is 0 Å². The number of ether oxygens (including phenoxy) is 1. The Morgan fingerprint density at radius 3 is 2.79 bits per heavy atom. The molecule has 3 aromatic rings. The number of nitrogens with one attached hydrogen (secondary N) is 1. The summed E-state index contributed by atoms with van der Waals surface area (Å²) in [6.45, 7) is 3.29. The van der Waals surface area contributed by atoms with Gasteiger partial charge in [0.25, 0.3) is 0 Å². The molecule has 11 heteroatoms. The van der Waals surface area contributed by atoms with Gasteiger partial charge in [-0.15, -0.1) is 0 Å². The lowest BCUT2D eigenvalue weighted by atomic mass is 10.1. The van der Waals surface area contributed by atoms with Crippen LogP contribution in [0.25, 0.3) is 11.1 Å². The molecule has 1 atom stereocenters. The summed E-state index contributed by atoms with van der Waals surface area (Å²) in [5, 5.41) is 7.31. The van der Waals surface area contributed by atoms with Crippen molar-refractivity contribution in [3.05, 3.63) is 58.2 Å². The maximum Gasteiger partial charge on any atom is 0.241 e. The lowest BCUT2D eigenvalue weighted by molar-refractivity contribution is -0.121. The summed E-state index contributed by atoms with van der Waals surface area (Å²) in [4.78, 5) is 18.4. The Hall–Kier alpha value is -2.88. The van der Waals surface area contributed by atoms with Gasteiger partial charge in [0, 0.05) is 40.7 Å². The summed E-state index contributed by atoms with van der Waals surface area (Å²) in [6.07, 6.45) is 5.12. The summed E-state index contributed by atoms with van der Waals surface area (Å²) in [6, 6.07) is 4.31. The number of benzene rings is 1. The van der Waals surface area contributed by atoms with Crippen molar-refractivity contribution < 1.29 is 13.9 Å². The van der Waals surface area contributed by atoms with E-state index in [1.54, 1.807) is 36.3 Å². The normalized spacial score (nSPS) is 12.1. The van der Waals surface area contributed by atoms with Gasteiger partial charge in [-0.3, -0.25) is 9.48 Å². The van der Waals surface area contributed by atoms with Crippen molar-refractivity contribution in [2.24, 2.45) is 0 Å². The SMILES string of the molecule is CC(Oc1cc(-c2cnn(CC(=O)NCCCN(C)C)c2)cnc1N)c1c(Cl)ccc(F)c1Cl. The first kappa shape index (κ1) is 25.7. The zero-order valence-electron chi connectivity index (χ0n) is 19.2. The molecule has 1 aromatic carbocycles. The molecule has 8 nitrogen and oxygen atoms in total. The smallest absolute Gasteiger partial charge is 0.241 e. The number of amides is 1. The number of pyridine rings is 1. The van der Waals surface area contributed by atoms with Gasteiger partial charge in [0.2, 0.25) is 5.91 Å². The fourth-order valence-electron chi connectivity index (χ4n) is 3.30. The first-order chi connectivity index (χ1) is 16.2. The minimum atomic E-state index is -0.686. The first-order valence-corrected chi connectivity index (χ1v) is 11.4. The first-order valence-electron chi connectivity index (χ1n) is 10.7. The van der Waals surface area contributed by atoms with Crippen molar-refractivity contribution in [1.29, 1.82) is 0 Å². The Balaban J connectivity index is 1.69. The van der Waals surface area contributed by atoms with Crippen LogP contribution in [-0.2, 0) is 11.3 Å². The molecule has 0 spiro atoms. The van der Waals surface area contributed by atoms with E-state index < -0.39 is 11.9 Å². The number of nitrogen functional groups attached to an aromatic ring is 1. The highest BCUT2D eigenvalue weighted by atomic mass is 35.5. The maximum atomic E-state index is 13.9.